The molecule has 5 heteroatoms. The largest absolute Gasteiger partial charge is 0.395 e. The molecule has 2 atom stereocenters. The minimum absolute atomic E-state index is 0.0206. The van der Waals surface area contributed by atoms with Crippen LogP contribution < -0.4 is 5.32 Å². The molecule has 2 N–H and O–H groups in total. The van der Waals surface area contributed by atoms with Crippen molar-refractivity contribution in [1.29, 1.82) is 0 Å². The summed E-state index contributed by atoms with van der Waals surface area (Å²) in [6, 6.07) is 8.32. The maximum absolute atomic E-state index is 12.5. The molecule has 1 aliphatic carbocycles. The van der Waals surface area contributed by atoms with Crippen LogP contribution in [0.25, 0.3) is 0 Å². The summed E-state index contributed by atoms with van der Waals surface area (Å²) in [6.07, 6.45) is 2.77. The van der Waals surface area contributed by atoms with Crippen LogP contribution in [0.2, 0.25) is 0 Å². The number of hydrogen-bond acceptors (Lipinski definition) is 3. The molecule has 5 nitrogen and oxygen atoms in total. The number of nitrogens with one attached hydrogen (secondary N) is 1. The van der Waals surface area contributed by atoms with Gasteiger partial charge < -0.3 is 20.1 Å². The fourth-order valence-electron chi connectivity index (χ4n) is 3.27. The van der Waals surface area contributed by atoms with Crippen molar-refractivity contribution in [3.05, 3.63) is 35.4 Å². The number of aliphatic hydroxyl groups excluding tert-OH is 1. The van der Waals surface area contributed by atoms with E-state index in [4.69, 9.17) is 4.74 Å². The minimum Gasteiger partial charge on any atom is -0.395 e. The lowest BCUT2D eigenvalue weighted by Crippen LogP contribution is -2.47. The quantitative estimate of drug-likeness (QED) is 0.882. The molecule has 1 aliphatic heterocycles. The Kier molecular flexibility index (Phi) is 4.41. The fraction of sp³-hybridized carbons (Fsp3) is 0.562. The Morgan fingerprint density at radius 1 is 1.38 bits per heavy atom. The fourth-order valence-corrected chi connectivity index (χ4v) is 3.27. The molecule has 21 heavy (non-hydrogen) atoms. The van der Waals surface area contributed by atoms with Crippen LogP contribution in [0.15, 0.2) is 24.3 Å². The van der Waals surface area contributed by atoms with Gasteiger partial charge in [0.2, 0.25) is 0 Å². The Balaban J connectivity index is 1.73. The first-order valence-corrected chi connectivity index (χ1v) is 7.63. The lowest BCUT2D eigenvalue weighted by Gasteiger charge is -2.30. The third-order valence-corrected chi connectivity index (χ3v) is 4.34. The number of carbonyl (C=O) groups is 1. The summed E-state index contributed by atoms with van der Waals surface area (Å²) < 4.78 is 5.30. The Morgan fingerprint density at radius 3 is 3.00 bits per heavy atom. The van der Waals surface area contributed by atoms with E-state index >= 15 is 0 Å². The molecule has 3 rings (SSSR count). The summed E-state index contributed by atoms with van der Waals surface area (Å²) in [5, 5.41) is 12.3. The summed E-state index contributed by atoms with van der Waals surface area (Å²) >= 11 is 0. The zero-order chi connectivity index (χ0) is 14.7. The number of urea groups is 1. The topological polar surface area (TPSA) is 61.8 Å². The lowest BCUT2D eigenvalue weighted by molar-refractivity contribution is 0.145. The molecule has 1 fully saturated rings. The van der Waals surface area contributed by atoms with Gasteiger partial charge in [-0.25, -0.2) is 4.79 Å². The number of amides is 2. The Bertz CT molecular complexity index is 500. The molecule has 2 amide bonds. The van der Waals surface area contributed by atoms with Crippen LogP contribution in [0.3, 0.4) is 0 Å². The van der Waals surface area contributed by atoms with E-state index in [0.717, 1.165) is 19.3 Å². The normalized spacial score (nSPS) is 23.9. The molecule has 1 heterocycles. The van der Waals surface area contributed by atoms with Gasteiger partial charge in [0.25, 0.3) is 0 Å². The van der Waals surface area contributed by atoms with Gasteiger partial charge in [-0.05, 0) is 30.4 Å². The number of hydrogen-bond donors (Lipinski definition) is 2. The SMILES string of the molecule is O=C(NC1CCOC1)N(CCO)C1CCc2ccccc21. The Morgan fingerprint density at radius 2 is 2.24 bits per heavy atom. The van der Waals surface area contributed by atoms with Crippen LogP contribution >= 0.6 is 0 Å². The van der Waals surface area contributed by atoms with Crippen LogP contribution in [-0.2, 0) is 11.2 Å². The first kappa shape index (κ1) is 14.4. The number of nitrogens with zero attached hydrogens (tertiary/aromatic N) is 1. The van der Waals surface area contributed by atoms with Crippen molar-refractivity contribution >= 4 is 6.03 Å². The number of carbonyl (C=O) groups excluding carboxylic acids is 1. The summed E-state index contributed by atoms with van der Waals surface area (Å²) in [4.78, 5) is 14.3. The Labute approximate surface area is 124 Å². The maximum atomic E-state index is 12.5. The zero-order valence-corrected chi connectivity index (χ0v) is 12.1. The van der Waals surface area contributed by atoms with E-state index in [0.29, 0.717) is 19.8 Å². The van der Waals surface area contributed by atoms with Crippen molar-refractivity contribution in [2.75, 3.05) is 26.4 Å². The molecular weight excluding hydrogens is 268 g/mol. The summed E-state index contributed by atoms with van der Waals surface area (Å²) in [6.45, 7) is 1.63. The van der Waals surface area contributed by atoms with Crippen LogP contribution in [0.4, 0.5) is 4.79 Å². The van der Waals surface area contributed by atoms with E-state index in [-0.39, 0.29) is 24.7 Å². The third kappa shape index (κ3) is 3.04. The first-order valence-electron chi connectivity index (χ1n) is 7.63. The second kappa shape index (κ2) is 6.45. The molecule has 2 unspecified atom stereocenters. The predicted molar refractivity (Wildman–Crippen MR) is 79.1 cm³/mol. The predicted octanol–water partition coefficient (Wildman–Crippen LogP) is 1.47. The molecule has 0 aromatic heterocycles. The van der Waals surface area contributed by atoms with Gasteiger partial charge in [0.05, 0.1) is 25.3 Å². The Hall–Kier alpha value is -1.59. The number of rotatable bonds is 4. The standard InChI is InChI=1S/C16H22N2O3/c19-9-8-18(16(20)17-13-7-10-21-11-13)15-6-5-12-3-1-2-4-14(12)15/h1-4,13,15,19H,5-11H2,(H,17,20). The van der Waals surface area contributed by atoms with Crippen molar-refractivity contribution in [2.24, 2.45) is 0 Å². The van der Waals surface area contributed by atoms with Gasteiger partial charge in [-0.2, -0.15) is 0 Å². The van der Waals surface area contributed by atoms with E-state index in [1.54, 1.807) is 4.90 Å². The molecule has 1 aromatic carbocycles. The van der Waals surface area contributed by atoms with E-state index in [9.17, 15) is 9.90 Å². The second-order valence-corrected chi connectivity index (χ2v) is 5.68. The summed E-state index contributed by atoms with van der Waals surface area (Å²) in [5.41, 5.74) is 2.52. The monoisotopic (exact) mass is 290 g/mol. The molecular formula is C16H22N2O3. The molecule has 1 saturated heterocycles. The summed E-state index contributed by atoms with van der Waals surface area (Å²) in [5.74, 6) is 0. The highest BCUT2D eigenvalue weighted by Gasteiger charge is 2.31. The van der Waals surface area contributed by atoms with Gasteiger partial charge in [-0.15, -0.1) is 0 Å². The van der Waals surface area contributed by atoms with E-state index in [1.807, 2.05) is 12.1 Å². The summed E-state index contributed by atoms with van der Waals surface area (Å²) in [7, 11) is 0. The van der Waals surface area contributed by atoms with Gasteiger partial charge in [0.1, 0.15) is 0 Å². The van der Waals surface area contributed by atoms with Gasteiger partial charge in [0, 0.05) is 13.2 Å². The first-order chi connectivity index (χ1) is 10.3. The number of benzene rings is 1. The van der Waals surface area contributed by atoms with E-state index < -0.39 is 0 Å². The number of aryl methyl sites for hydroxylation is 1. The van der Waals surface area contributed by atoms with Gasteiger partial charge in [0.15, 0.2) is 0 Å². The van der Waals surface area contributed by atoms with Crippen molar-refractivity contribution in [2.45, 2.75) is 31.3 Å². The number of fused-ring (bicyclic) bond motifs is 1. The van der Waals surface area contributed by atoms with Gasteiger partial charge in [-0.3, -0.25) is 0 Å². The average molecular weight is 290 g/mol. The van der Waals surface area contributed by atoms with Crippen molar-refractivity contribution in [3.8, 4) is 0 Å². The van der Waals surface area contributed by atoms with Gasteiger partial charge >= 0.3 is 6.03 Å². The second-order valence-electron chi connectivity index (χ2n) is 5.68. The highest BCUT2D eigenvalue weighted by molar-refractivity contribution is 5.75. The number of aliphatic hydroxyl groups is 1. The highest BCUT2D eigenvalue weighted by atomic mass is 16.5. The third-order valence-electron chi connectivity index (χ3n) is 4.34. The molecule has 0 bridgehead atoms. The van der Waals surface area contributed by atoms with Crippen LogP contribution in [-0.4, -0.2) is 48.4 Å². The molecule has 0 saturated carbocycles. The van der Waals surface area contributed by atoms with E-state index in [2.05, 4.69) is 17.4 Å². The van der Waals surface area contributed by atoms with Crippen molar-refractivity contribution < 1.29 is 14.6 Å². The van der Waals surface area contributed by atoms with Gasteiger partial charge in [-0.1, -0.05) is 24.3 Å². The highest BCUT2D eigenvalue weighted by Crippen LogP contribution is 2.35. The molecule has 2 aliphatic rings. The van der Waals surface area contributed by atoms with Crippen LogP contribution in [0.5, 0.6) is 0 Å². The molecule has 114 valence electrons. The lowest BCUT2D eigenvalue weighted by atomic mass is 10.1. The minimum atomic E-state index is -0.0961. The maximum Gasteiger partial charge on any atom is 0.318 e. The van der Waals surface area contributed by atoms with Crippen molar-refractivity contribution in [1.82, 2.24) is 10.2 Å². The zero-order valence-electron chi connectivity index (χ0n) is 12.1. The average Bonchev–Trinajstić information content (AvgIpc) is 3.14. The van der Waals surface area contributed by atoms with Crippen molar-refractivity contribution in [3.63, 3.8) is 0 Å². The smallest absolute Gasteiger partial charge is 0.318 e. The van der Waals surface area contributed by atoms with E-state index in [1.165, 1.54) is 11.1 Å². The molecule has 1 aromatic rings. The number of ether oxygens (including phenoxy) is 1. The van der Waals surface area contributed by atoms with Crippen LogP contribution in [0, 0.1) is 0 Å². The molecule has 0 spiro atoms. The van der Waals surface area contributed by atoms with Crippen LogP contribution in [0.1, 0.15) is 30.0 Å². The molecule has 0 radical (unpaired) electrons.